The lowest BCUT2D eigenvalue weighted by molar-refractivity contribution is 0.0988. The van der Waals surface area contributed by atoms with Crippen LogP contribution in [0.1, 0.15) is 35.7 Å². The summed E-state index contributed by atoms with van der Waals surface area (Å²) in [5.74, 6) is 1.25. The molecular formula is C27H27N5O3. The maximum absolute atomic E-state index is 13.2. The third-order valence-corrected chi connectivity index (χ3v) is 7.32. The Kier molecular flexibility index (Phi) is 5.16. The monoisotopic (exact) mass is 469 g/mol. The van der Waals surface area contributed by atoms with E-state index in [0.29, 0.717) is 41.9 Å². The van der Waals surface area contributed by atoms with Crippen LogP contribution in [-0.2, 0) is 13.1 Å². The zero-order valence-electron chi connectivity index (χ0n) is 19.7. The molecule has 3 aromatic carbocycles. The maximum Gasteiger partial charge on any atom is 0.260 e. The number of rotatable bonds is 5. The minimum atomic E-state index is -0.442. The van der Waals surface area contributed by atoms with E-state index in [4.69, 9.17) is 0 Å². The molecule has 8 nitrogen and oxygen atoms in total. The number of fused-ring (bicyclic) bond motifs is 3. The summed E-state index contributed by atoms with van der Waals surface area (Å²) >= 11 is 0. The summed E-state index contributed by atoms with van der Waals surface area (Å²) in [5, 5.41) is 3.16. The molecule has 6 rings (SSSR count). The number of aromatic nitrogens is 2. The lowest BCUT2D eigenvalue weighted by Crippen LogP contribution is -2.45. The van der Waals surface area contributed by atoms with Gasteiger partial charge >= 0.3 is 0 Å². The first-order valence-corrected chi connectivity index (χ1v) is 12.2. The van der Waals surface area contributed by atoms with Crippen LogP contribution in [0.3, 0.4) is 0 Å². The van der Waals surface area contributed by atoms with Gasteiger partial charge in [0.05, 0.1) is 11.0 Å². The van der Waals surface area contributed by atoms with Gasteiger partial charge in [-0.25, -0.2) is 4.98 Å². The number of para-hydroxylation sites is 2. The second-order valence-electron chi connectivity index (χ2n) is 9.61. The lowest BCUT2D eigenvalue weighted by atomic mass is 9.98. The average molecular weight is 470 g/mol. The summed E-state index contributed by atoms with van der Waals surface area (Å²) in [4.78, 5) is 46.0. The molecule has 1 fully saturated rings. The Labute approximate surface area is 202 Å². The van der Waals surface area contributed by atoms with Crippen molar-refractivity contribution in [3.05, 3.63) is 80.1 Å². The summed E-state index contributed by atoms with van der Waals surface area (Å²) in [5.41, 5.74) is 3.57. The van der Waals surface area contributed by atoms with E-state index < -0.39 is 5.43 Å². The number of imidazole rings is 1. The molecule has 0 bridgehead atoms. The number of nitrogens with one attached hydrogen (secondary N) is 1. The molecule has 1 N–H and O–H groups in total. The Morgan fingerprint density at radius 3 is 2.49 bits per heavy atom. The van der Waals surface area contributed by atoms with Crippen molar-refractivity contribution in [3.63, 3.8) is 0 Å². The molecular weight excluding hydrogens is 442 g/mol. The van der Waals surface area contributed by atoms with Crippen molar-refractivity contribution in [2.45, 2.75) is 32.9 Å². The topological polar surface area (TPSA) is 87.5 Å². The molecule has 1 aromatic heterocycles. The SMILES string of the molecule is CC1CCN(c2c(NCc3ccc(C(=O)N4CCn5c4nc4ccccc45)cc3)c(=O)c2=O)CC1. The van der Waals surface area contributed by atoms with E-state index in [1.807, 2.05) is 41.3 Å². The smallest absolute Gasteiger partial charge is 0.260 e. The first kappa shape index (κ1) is 21.6. The molecule has 0 radical (unpaired) electrons. The predicted molar refractivity (Wildman–Crippen MR) is 137 cm³/mol. The van der Waals surface area contributed by atoms with E-state index >= 15 is 0 Å². The van der Waals surface area contributed by atoms with Gasteiger partial charge in [-0.2, -0.15) is 0 Å². The summed E-state index contributed by atoms with van der Waals surface area (Å²) in [6.45, 7) is 5.56. The number of piperidine rings is 1. The van der Waals surface area contributed by atoms with Crippen LogP contribution < -0.4 is 26.0 Å². The van der Waals surface area contributed by atoms with Crippen LogP contribution in [0.5, 0.6) is 0 Å². The molecule has 2 aliphatic heterocycles. The molecule has 1 amide bonds. The van der Waals surface area contributed by atoms with Crippen molar-refractivity contribution in [1.82, 2.24) is 9.55 Å². The Bertz CT molecular complexity index is 1490. The van der Waals surface area contributed by atoms with E-state index in [0.717, 1.165) is 49.1 Å². The first-order valence-electron chi connectivity index (χ1n) is 12.2. The third-order valence-electron chi connectivity index (χ3n) is 7.32. The Morgan fingerprint density at radius 2 is 1.71 bits per heavy atom. The van der Waals surface area contributed by atoms with Crippen LogP contribution >= 0.6 is 0 Å². The van der Waals surface area contributed by atoms with E-state index in [-0.39, 0.29) is 11.3 Å². The van der Waals surface area contributed by atoms with Gasteiger partial charge in [-0.15, -0.1) is 0 Å². The van der Waals surface area contributed by atoms with Gasteiger partial charge in [0.25, 0.3) is 16.8 Å². The second kappa shape index (κ2) is 8.37. The van der Waals surface area contributed by atoms with Crippen LogP contribution in [0.25, 0.3) is 11.0 Å². The summed E-state index contributed by atoms with van der Waals surface area (Å²) in [7, 11) is 0. The minimum absolute atomic E-state index is 0.0809. The molecule has 4 aromatic rings. The van der Waals surface area contributed by atoms with Crippen LogP contribution in [0.4, 0.5) is 17.3 Å². The number of benzene rings is 2. The van der Waals surface area contributed by atoms with Crippen molar-refractivity contribution < 1.29 is 4.79 Å². The normalized spacial score (nSPS) is 16.3. The Balaban J connectivity index is 1.14. The van der Waals surface area contributed by atoms with Crippen LogP contribution in [0.15, 0.2) is 58.1 Å². The molecule has 35 heavy (non-hydrogen) atoms. The molecule has 0 atom stereocenters. The first-order chi connectivity index (χ1) is 17.0. The van der Waals surface area contributed by atoms with Gasteiger partial charge in [0.2, 0.25) is 5.95 Å². The second-order valence-corrected chi connectivity index (χ2v) is 9.61. The van der Waals surface area contributed by atoms with Gasteiger partial charge < -0.3 is 14.8 Å². The fraction of sp³-hybridized carbons (Fsp3) is 0.333. The van der Waals surface area contributed by atoms with Crippen molar-refractivity contribution in [2.75, 3.05) is 34.8 Å². The quantitative estimate of drug-likeness (QED) is 0.452. The number of hydrogen-bond acceptors (Lipinski definition) is 6. The van der Waals surface area contributed by atoms with E-state index in [9.17, 15) is 14.4 Å². The molecule has 2 aliphatic rings. The molecule has 0 saturated carbocycles. The Hall–Kier alpha value is -3.94. The fourth-order valence-corrected chi connectivity index (χ4v) is 5.17. The van der Waals surface area contributed by atoms with Gasteiger partial charge in [-0.1, -0.05) is 31.2 Å². The molecule has 178 valence electrons. The fourth-order valence-electron chi connectivity index (χ4n) is 5.17. The number of carbonyl (C=O) groups is 1. The molecule has 3 heterocycles. The zero-order chi connectivity index (χ0) is 24.1. The highest BCUT2D eigenvalue weighted by Crippen LogP contribution is 2.29. The summed E-state index contributed by atoms with van der Waals surface area (Å²) in [6, 6.07) is 15.3. The highest BCUT2D eigenvalue weighted by atomic mass is 16.2. The third kappa shape index (κ3) is 3.60. The largest absolute Gasteiger partial charge is 0.376 e. The predicted octanol–water partition coefficient (Wildman–Crippen LogP) is 3.14. The van der Waals surface area contributed by atoms with Crippen molar-refractivity contribution in [3.8, 4) is 0 Å². The zero-order valence-corrected chi connectivity index (χ0v) is 19.7. The van der Waals surface area contributed by atoms with E-state index in [2.05, 4.69) is 21.8 Å². The van der Waals surface area contributed by atoms with Gasteiger partial charge in [0, 0.05) is 38.3 Å². The van der Waals surface area contributed by atoms with Crippen molar-refractivity contribution in [1.29, 1.82) is 0 Å². The maximum atomic E-state index is 13.2. The van der Waals surface area contributed by atoms with Crippen LogP contribution in [0.2, 0.25) is 0 Å². The van der Waals surface area contributed by atoms with Crippen molar-refractivity contribution in [2.24, 2.45) is 5.92 Å². The van der Waals surface area contributed by atoms with Gasteiger partial charge in [-0.05, 0) is 48.6 Å². The van der Waals surface area contributed by atoms with E-state index in [1.165, 1.54) is 0 Å². The summed E-state index contributed by atoms with van der Waals surface area (Å²) in [6.07, 6.45) is 2.06. The number of anilines is 3. The van der Waals surface area contributed by atoms with Gasteiger partial charge in [0.1, 0.15) is 11.4 Å². The lowest BCUT2D eigenvalue weighted by Gasteiger charge is -2.33. The van der Waals surface area contributed by atoms with Gasteiger partial charge in [-0.3, -0.25) is 19.3 Å². The summed E-state index contributed by atoms with van der Waals surface area (Å²) < 4.78 is 2.08. The van der Waals surface area contributed by atoms with Crippen LogP contribution in [-0.4, -0.2) is 35.1 Å². The molecule has 8 heteroatoms. The average Bonchev–Trinajstić information content (AvgIpc) is 3.46. The molecule has 0 aliphatic carbocycles. The van der Waals surface area contributed by atoms with E-state index in [1.54, 1.807) is 17.0 Å². The Morgan fingerprint density at radius 1 is 0.971 bits per heavy atom. The number of carbonyl (C=O) groups excluding carboxylic acids is 1. The van der Waals surface area contributed by atoms with Gasteiger partial charge in [0.15, 0.2) is 0 Å². The number of amides is 1. The highest BCUT2D eigenvalue weighted by Gasteiger charge is 2.30. The number of nitrogens with zero attached hydrogens (tertiary/aromatic N) is 4. The molecule has 1 saturated heterocycles. The van der Waals surface area contributed by atoms with Crippen molar-refractivity contribution >= 4 is 34.3 Å². The van der Waals surface area contributed by atoms with Crippen LogP contribution in [0, 0.1) is 5.92 Å². The highest BCUT2D eigenvalue weighted by molar-refractivity contribution is 6.06. The molecule has 0 spiro atoms. The number of hydrogen-bond donors (Lipinski definition) is 1. The molecule has 0 unspecified atom stereocenters. The minimum Gasteiger partial charge on any atom is -0.376 e. The standard InChI is InChI=1S/C27H27N5O3/c1-17-10-12-30(13-11-17)23-22(24(33)25(23)34)28-16-18-6-8-19(9-7-18)26(35)32-15-14-31-21-5-3-2-4-20(21)29-27(31)32/h2-9,17,28H,10-16H2,1H3.